The van der Waals surface area contributed by atoms with Crippen molar-refractivity contribution in [2.45, 2.75) is 15.8 Å². The van der Waals surface area contributed by atoms with Crippen LogP contribution in [0.3, 0.4) is 0 Å². The number of H-pyrrole nitrogens is 1. The van der Waals surface area contributed by atoms with Crippen LogP contribution in [-0.2, 0) is 0 Å². The Kier molecular flexibility index (Phi) is 4.33. The van der Waals surface area contributed by atoms with Crippen molar-refractivity contribution in [1.29, 1.82) is 0 Å². The van der Waals surface area contributed by atoms with E-state index in [0.717, 1.165) is 16.6 Å². The third kappa shape index (κ3) is 3.08. The van der Waals surface area contributed by atoms with Gasteiger partial charge in [0, 0.05) is 0 Å². The second-order valence-corrected chi connectivity index (χ2v) is 7.38. The number of alkyl halides is 3. The quantitative estimate of drug-likeness (QED) is 0.683. The van der Waals surface area contributed by atoms with Crippen LogP contribution in [-0.4, -0.2) is 25.0 Å². The number of fused-ring (bicyclic) bond motifs is 1. The fraction of sp³-hybridized carbons (Fsp3) is 0.188. The molecule has 0 saturated heterocycles. The first-order chi connectivity index (χ1) is 10.5. The molecule has 3 aromatic rings. The average molecular weight is 356 g/mol. The molecule has 114 valence electrons. The summed E-state index contributed by atoms with van der Waals surface area (Å²) in [6, 6.07) is 17.0. The molecule has 1 aromatic heterocycles. The molecule has 2 N–H and O–H groups in total. The van der Waals surface area contributed by atoms with Gasteiger partial charge in [0.1, 0.15) is 11.9 Å². The topological polar surface area (TPSA) is 48.9 Å². The van der Waals surface area contributed by atoms with Gasteiger partial charge < -0.3 is 10.1 Å². The van der Waals surface area contributed by atoms with Gasteiger partial charge in [-0.15, -0.1) is 0 Å². The first-order valence-corrected chi connectivity index (χ1v) is 7.84. The number of nitrogens with zero attached hydrogens (tertiary/aromatic N) is 1. The lowest BCUT2D eigenvalue weighted by molar-refractivity contribution is 0.158. The van der Waals surface area contributed by atoms with Crippen LogP contribution in [0.25, 0.3) is 11.0 Å². The number of nitrogens with one attached hydrogen (secondary N) is 1. The summed E-state index contributed by atoms with van der Waals surface area (Å²) in [6.07, 6.45) is -1.24. The molecule has 2 atom stereocenters. The molecule has 0 aliphatic heterocycles. The largest absolute Gasteiger partial charge is 0.388 e. The first kappa shape index (κ1) is 15.6. The van der Waals surface area contributed by atoms with E-state index in [4.69, 9.17) is 34.8 Å². The van der Waals surface area contributed by atoms with Crippen LogP contribution < -0.4 is 0 Å². The number of halogens is 3. The van der Waals surface area contributed by atoms with Crippen LogP contribution in [0.5, 0.6) is 0 Å². The number of hydrogen-bond donors (Lipinski definition) is 2. The summed E-state index contributed by atoms with van der Waals surface area (Å²) >= 11 is 17.7. The van der Waals surface area contributed by atoms with Crippen molar-refractivity contribution >= 4 is 45.8 Å². The number of imidazole rings is 1. The average Bonchev–Trinajstić information content (AvgIpc) is 2.91. The number of aliphatic hydroxyl groups is 1. The van der Waals surface area contributed by atoms with E-state index in [0.29, 0.717) is 5.82 Å². The third-order valence-corrected chi connectivity index (χ3v) is 4.18. The van der Waals surface area contributed by atoms with Gasteiger partial charge in [-0.1, -0.05) is 77.3 Å². The highest BCUT2D eigenvalue weighted by atomic mass is 35.6. The second-order valence-electron chi connectivity index (χ2n) is 5.01. The zero-order valence-corrected chi connectivity index (χ0v) is 13.6. The molecule has 3 rings (SSSR count). The van der Waals surface area contributed by atoms with E-state index in [1.54, 1.807) is 0 Å². The molecule has 0 spiro atoms. The van der Waals surface area contributed by atoms with E-state index in [-0.39, 0.29) is 0 Å². The molecule has 1 heterocycles. The summed E-state index contributed by atoms with van der Waals surface area (Å²) in [7, 11) is 0. The number of benzene rings is 2. The van der Waals surface area contributed by atoms with E-state index in [9.17, 15) is 5.11 Å². The molecule has 3 nitrogen and oxygen atoms in total. The third-order valence-electron chi connectivity index (χ3n) is 3.51. The number of aromatic amines is 1. The molecule has 0 saturated carbocycles. The summed E-state index contributed by atoms with van der Waals surface area (Å²) in [5.74, 6) is -0.00711. The van der Waals surface area contributed by atoms with E-state index in [1.807, 2.05) is 54.6 Å². The number of para-hydroxylation sites is 2. The highest BCUT2D eigenvalue weighted by molar-refractivity contribution is 6.68. The molecule has 0 bridgehead atoms. The molecule has 0 fully saturated rings. The molecule has 6 heteroatoms. The lowest BCUT2D eigenvalue weighted by atomic mass is 9.93. The Hall–Kier alpha value is -1.26. The van der Waals surface area contributed by atoms with Crippen molar-refractivity contribution in [2.24, 2.45) is 0 Å². The Balaban J connectivity index is 2.12. The Morgan fingerprint density at radius 3 is 2.23 bits per heavy atom. The second kappa shape index (κ2) is 6.09. The Bertz CT molecular complexity index is 735. The summed E-state index contributed by atoms with van der Waals surface area (Å²) in [5, 5.41) is 10.5. The van der Waals surface area contributed by atoms with Crippen LogP contribution in [0.2, 0.25) is 0 Å². The van der Waals surface area contributed by atoms with Gasteiger partial charge in [0.05, 0.1) is 17.0 Å². The molecular formula is C16H13Cl3N2O. The van der Waals surface area contributed by atoms with Gasteiger partial charge in [-0.2, -0.15) is 0 Å². The standard InChI is InChI=1S/C16H13Cl3N2O/c17-16(18,19)14(22)13(10-6-2-1-3-7-10)15-20-11-8-4-5-9-12(11)21-15/h1-9,13-14,22H,(H,20,21)/t13-,14-/m1/s1. The molecule has 22 heavy (non-hydrogen) atoms. The predicted molar refractivity (Wildman–Crippen MR) is 90.7 cm³/mol. The zero-order valence-electron chi connectivity index (χ0n) is 11.4. The highest BCUT2D eigenvalue weighted by Crippen LogP contribution is 2.40. The van der Waals surface area contributed by atoms with Gasteiger partial charge in [-0.25, -0.2) is 4.98 Å². The van der Waals surface area contributed by atoms with Crippen LogP contribution in [0, 0.1) is 0 Å². The van der Waals surface area contributed by atoms with Crippen LogP contribution in [0.1, 0.15) is 17.3 Å². The summed E-state index contributed by atoms with van der Waals surface area (Å²) < 4.78 is -1.82. The van der Waals surface area contributed by atoms with E-state index >= 15 is 0 Å². The van der Waals surface area contributed by atoms with E-state index < -0.39 is 15.8 Å². The molecule has 0 unspecified atom stereocenters. The number of aromatic nitrogens is 2. The summed E-state index contributed by atoms with van der Waals surface area (Å²) in [6.45, 7) is 0. The molecule has 2 aromatic carbocycles. The Labute approximate surface area is 142 Å². The number of aliphatic hydroxyl groups excluding tert-OH is 1. The van der Waals surface area contributed by atoms with Gasteiger partial charge in [-0.05, 0) is 17.7 Å². The monoisotopic (exact) mass is 354 g/mol. The minimum atomic E-state index is -1.82. The van der Waals surface area contributed by atoms with Crippen molar-refractivity contribution in [1.82, 2.24) is 9.97 Å². The maximum absolute atomic E-state index is 10.5. The summed E-state index contributed by atoms with van der Waals surface area (Å²) in [5.41, 5.74) is 2.49. The first-order valence-electron chi connectivity index (χ1n) is 6.71. The van der Waals surface area contributed by atoms with Crippen LogP contribution >= 0.6 is 34.8 Å². The van der Waals surface area contributed by atoms with Crippen molar-refractivity contribution in [3.05, 3.63) is 66.0 Å². The van der Waals surface area contributed by atoms with Gasteiger partial charge in [0.25, 0.3) is 0 Å². The summed E-state index contributed by atoms with van der Waals surface area (Å²) in [4.78, 5) is 7.73. The van der Waals surface area contributed by atoms with Crippen molar-refractivity contribution < 1.29 is 5.11 Å². The fourth-order valence-electron chi connectivity index (χ4n) is 2.46. The Morgan fingerprint density at radius 1 is 0.955 bits per heavy atom. The van der Waals surface area contributed by atoms with E-state index in [1.165, 1.54) is 0 Å². The lowest BCUT2D eigenvalue weighted by Crippen LogP contribution is -2.33. The smallest absolute Gasteiger partial charge is 0.217 e. The molecule has 0 radical (unpaired) electrons. The zero-order chi connectivity index (χ0) is 15.7. The van der Waals surface area contributed by atoms with Gasteiger partial charge in [0.15, 0.2) is 0 Å². The normalized spacial score (nSPS) is 14.9. The number of hydrogen-bond acceptors (Lipinski definition) is 2. The molecule has 0 amide bonds. The fourth-order valence-corrected chi connectivity index (χ4v) is 2.84. The molecule has 0 aliphatic carbocycles. The van der Waals surface area contributed by atoms with Crippen molar-refractivity contribution in [3.8, 4) is 0 Å². The highest BCUT2D eigenvalue weighted by Gasteiger charge is 2.40. The number of rotatable bonds is 3. The minimum absolute atomic E-state index is 0.561. The lowest BCUT2D eigenvalue weighted by Gasteiger charge is -2.27. The van der Waals surface area contributed by atoms with Gasteiger partial charge >= 0.3 is 0 Å². The van der Waals surface area contributed by atoms with Crippen molar-refractivity contribution in [3.63, 3.8) is 0 Å². The minimum Gasteiger partial charge on any atom is -0.388 e. The van der Waals surface area contributed by atoms with Crippen LogP contribution in [0.15, 0.2) is 54.6 Å². The predicted octanol–water partition coefficient (Wildman–Crippen LogP) is 4.43. The van der Waals surface area contributed by atoms with E-state index in [2.05, 4.69) is 9.97 Å². The van der Waals surface area contributed by atoms with Crippen LogP contribution in [0.4, 0.5) is 0 Å². The molecule has 0 aliphatic rings. The van der Waals surface area contributed by atoms with Crippen molar-refractivity contribution in [2.75, 3.05) is 0 Å². The van der Waals surface area contributed by atoms with Gasteiger partial charge in [-0.3, -0.25) is 0 Å². The molecular weight excluding hydrogens is 343 g/mol. The maximum atomic E-state index is 10.5. The Morgan fingerprint density at radius 2 is 1.59 bits per heavy atom. The maximum Gasteiger partial charge on any atom is 0.217 e. The SMILES string of the molecule is O[C@H]([C@@H](c1ccccc1)c1nc2ccccc2[nH]1)C(Cl)(Cl)Cl. The van der Waals surface area contributed by atoms with Gasteiger partial charge in [0.2, 0.25) is 3.79 Å².